The van der Waals surface area contributed by atoms with Crippen molar-refractivity contribution in [3.05, 3.63) is 29.8 Å². The minimum atomic E-state index is -1.54. The third-order valence-electron chi connectivity index (χ3n) is 2.79. The Labute approximate surface area is 117 Å². The molecule has 0 saturated heterocycles. The number of methoxy groups -OCH3 is 2. The van der Waals surface area contributed by atoms with E-state index in [2.05, 4.69) is 4.74 Å². The smallest absolute Gasteiger partial charge is 0.337 e. The highest BCUT2D eigenvalue weighted by Gasteiger charge is 2.24. The van der Waals surface area contributed by atoms with Crippen molar-refractivity contribution in [3.63, 3.8) is 0 Å². The van der Waals surface area contributed by atoms with Gasteiger partial charge in [-0.2, -0.15) is 0 Å². The van der Waals surface area contributed by atoms with E-state index in [1.807, 2.05) is 24.3 Å². The zero-order chi connectivity index (χ0) is 15.0. The summed E-state index contributed by atoms with van der Waals surface area (Å²) in [4.78, 5) is 11.0. The van der Waals surface area contributed by atoms with Gasteiger partial charge in [0.25, 0.3) is 0 Å². The van der Waals surface area contributed by atoms with Crippen molar-refractivity contribution in [2.24, 2.45) is 0 Å². The summed E-state index contributed by atoms with van der Waals surface area (Å²) in [5.74, 6) is -0.0852. The number of hydrogen-bond donors (Lipinski definition) is 2. The number of rotatable bonds is 8. The number of aliphatic hydroxyl groups is 2. The zero-order valence-electron chi connectivity index (χ0n) is 11.6. The van der Waals surface area contributed by atoms with E-state index in [9.17, 15) is 15.0 Å². The van der Waals surface area contributed by atoms with Gasteiger partial charge in [0.1, 0.15) is 5.75 Å². The van der Waals surface area contributed by atoms with Crippen LogP contribution >= 0.6 is 0 Å². The number of carbonyl (C=O) groups excluding carboxylic acids is 1. The summed E-state index contributed by atoms with van der Waals surface area (Å²) in [7, 11) is 2.75. The van der Waals surface area contributed by atoms with Crippen molar-refractivity contribution in [2.45, 2.75) is 25.2 Å². The molecule has 0 bridgehead atoms. The molecule has 112 valence electrons. The molecule has 0 fully saturated rings. The van der Waals surface area contributed by atoms with Gasteiger partial charge in [-0.1, -0.05) is 12.1 Å². The first-order chi connectivity index (χ1) is 9.58. The molecule has 0 aliphatic rings. The van der Waals surface area contributed by atoms with Gasteiger partial charge in [0, 0.05) is 6.61 Å². The summed E-state index contributed by atoms with van der Waals surface area (Å²) in [5, 5.41) is 18.9. The molecule has 1 rings (SSSR count). The van der Waals surface area contributed by atoms with Crippen LogP contribution in [0.3, 0.4) is 0 Å². The van der Waals surface area contributed by atoms with Crippen molar-refractivity contribution in [2.75, 3.05) is 20.8 Å². The van der Waals surface area contributed by atoms with Gasteiger partial charge in [-0.25, -0.2) is 4.79 Å². The van der Waals surface area contributed by atoms with E-state index in [0.29, 0.717) is 6.61 Å². The van der Waals surface area contributed by atoms with Crippen molar-refractivity contribution in [3.8, 4) is 5.75 Å². The Morgan fingerprint density at radius 2 is 1.85 bits per heavy atom. The summed E-state index contributed by atoms with van der Waals surface area (Å²) in [5.41, 5.74) is 0.966. The first-order valence-electron chi connectivity index (χ1n) is 6.23. The Balaban J connectivity index is 2.25. The van der Waals surface area contributed by atoms with Gasteiger partial charge < -0.3 is 24.4 Å². The van der Waals surface area contributed by atoms with E-state index >= 15 is 0 Å². The first-order valence-corrected chi connectivity index (χ1v) is 6.23. The van der Waals surface area contributed by atoms with Gasteiger partial charge >= 0.3 is 5.97 Å². The third kappa shape index (κ3) is 5.16. The summed E-state index contributed by atoms with van der Waals surface area (Å²) in [6.45, 7) is 0.603. The van der Waals surface area contributed by atoms with Crippen molar-refractivity contribution in [1.82, 2.24) is 0 Å². The molecule has 2 N–H and O–H groups in total. The molecule has 0 aliphatic carbocycles. The van der Waals surface area contributed by atoms with Gasteiger partial charge in [0.15, 0.2) is 6.10 Å². The molecule has 0 amide bonds. The number of benzene rings is 1. The van der Waals surface area contributed by atoms with E-state index in [-0.39, 0.29) is 13.0 Å². The number of carbonyl (C=O) groups is 1. The molecule has 0 aliphatic heterocycles. The fourth-order valence-electron chi connectivity index (χ4n) is 1.55. The molecule has 1 aromatic carbocycles. The van der Waals surface area contributed by atoms with Crippen LogP contribution in [0.15, 0.2) is 24.3 Å². The van der Waals surface area contributed by atoms with Gasteiger partial charge in [0.2, 0.25) is 0 Å². The lowest BCUT2D eigenvalue weighted by Crippen LogP contribution is -2.35. The lowest BCUT2D eigenvalue weighted by molar-refractivity contribution is -0.157. The summed E-state index contributed by atoms with van der Waals surface area (Å²) in [6, 6.07) is 7.40. The molecule has 1 aromatic rings. The summed E-state index contributed by atoms with van der Waals surface area (Å²) < 4.78 is 14.7. The van der Waals surface area contributed by atoms with E-state index in [0.717, 1.165) is 18.4 Å². The van der Waals surface area contributed by atoms with E-state index < -0.39 is 18.2 Å². The fraction of sp³-hybridized carbons (Fsp3) is 0.500. The molecular formula is C14H20O6. The lowest BCUT2D eigenvalue weighted by Gasteiger charge is -2.15. The highest BCUT2D eigenvalue weighted by atomic mass is 16.5. The van der Waals surface area contributed by atoms with E-state index in [4.69, 9.17) is 9.47 Å². The summed E-state index contributed by atoms with van der Waals surface area (Å²) >= 11 is 0. The Bertz CT molecular complexity index is 403. The fourth-order valence-corrected chi connectivity index (χ4v) is 1.55. The van der Waals surface area contributed by atoms with Gasteiger partial charge in [-0.3, -0.25) is 0 Å². The zero-order valence-corrected chi connectivity index (χ0v) is 11.6. The standard InChI is InChI=1S/C14H20O6/c1-18-11-5-3-10(4-6-11)9-20-8-7-12(15)13(16)14(17)19-2/h3-6,12-13,15-16H,7-9H2,1-2H3/t12-,13+/m0/s1. The Kier molecular flexibility index (Phi) is 7.00. The van der Waals surface area contributed by atoms with Gasteiger partial charge in [-0.05, 0) is 24.1 Å². The summed E-state index contributed by atoms with van der Waals surface area (Å²) in [6.07, 6.45) is -2.59. The molecule has 20 heavy (non-hydrogen) atoms. The molecule has 6 heteroatoms. The van der Waals surface area contributed by atoms with E-state index in [1.54, 1.807) is 7.11 Å². The largest absolute Gasteiger partial charge is 0.497 e. The van der Waals surface area contributed by atoms with Gasteiger partial charge in [-0.15, -0.1) is 0 Å². The van der Waals surface area contributed by atoms with Crippen LogP contribution in [-0.4, -0.2) is 49.2 Å². The average molecular weight is 284 g/mol. The van der Waals surface area contributed by atoms with Crippen LogP contribution < -0.4 is 4.74 Å². The predicted octanol–water partition coefficient (Wildman–Crippen LogP) is 0.497. The minimum Gasteiger partial charge on any atom is -0.497 e. The van der Waals surface area contributed by atoms with E-state index in [1.165, 1.54) is 0 Å². The SMILES string of the molecule is COC(=O)[C@H](O)[C@@H](O)CCOCc1ccc(OC)cc1. The highest BCUT2D eigenvalue weighted by Crippen LogP contribution is 2.12. The molecule has 0 unspecified atom stereocenters. The molecule has 0 saturated carbocycles. The van der Waals surface area contributed by atoms with Crippen molar-refractivity contribution < 1.29 is 29.2 Å². The van der Waals surface area contributed by atoms with Crippen LogP contribution in [0.4, 0.5) is 0 Å². The number of aliphatic hydroxyl groups excluding tert-OH is 2. The van der Waals surface area contributed by atoms with Gasteiger partial charge in [0.05, 0.1) is 26.9 Å². The molecule has 0 radical (unpaired) electrons. The Morgan fingerprint density at radius 1 is 1.20 bits per heavy atom. The average Bonchev–Trinajstić information content (AvgIpc) is 2.50. The third-order valence-corrected chi connectivity index (χ3v) is 2.79. The monoisotopic (exact) mass is 284 g/mol. The number of esters is 1. The first kappa shape index (κ1) is 16.4. The maximum absolute atomic E-state index is 11.0. The molecule has 0 aromatic heterocycles. The Hall–Kier alpha value is -1.63. The van der Waals surface area contributed by atoms with Crippen molar-refractivity contribution >= 4 is 5.97 Å². The Morgan fingerprint density at radius 3 is 2.40 bits per heavy atom. The van der Waals surface area contributed by atoms with Crippen LogP contribution in [0.1, 0.15) is 12.0 Å². The normalized spacial score (nSPS) is 13.6. The van der Waals surface area contributed by atoms with Crippen LogP contribution in [0, 0.1) is 0 Å². The molecular weight excluding hydrogens is 264 g/mol. The molecule has 0 spiro atoms. The second-order valence-electron chi connectivity index (χ2n) is 4.22. The van der Waals surface area contributed by atoms with Crippen LogP contribution in [-0.2, 0) is 20.9 Å². The predicted molar refractivity (Wildman–Crippen MR) is 71.3 cm³/mol. The van der Waals surface area contributed by atoms with Crippen LogP contribution in [0.25, 0.3) is 0 Å². The van der Waals surface area contributed by atoms with Crippen LogP contribution in [0.2, 0.25) is 0 Å². The number of hydrogen-bond acceptors (Lipinski definition) is 6. The van der Waals surface area contributed by atoms with Crippen molar-refractivity contribution in [1.29, 1.82) is 0 Å². The van der Waals surface area contributed by atoms with Crippen LogP contribution in [0.5, 0.6) is 5.75 Å². The maximum Gasteiger partial charge on any atom is 0.337 e. The lowest BCUT2D eigenvalue weighted by atomic mass is 10.1. The molecule has 0 heterocycles. The minimum absolute atomic E-state index is 0.145. The highest BCUT2D eigenvalue weighted by molar-refractivity contribution is 5.74. The second kappa shape index (κ2) is 8.52. The second-order valence-corrected chi connectivity index (χ2v) is 4.22. The molecule has 2 atom stereocenters. The number of ether oxygens (including phenoxy) is 3. The quantitative estimate of drug-likeness (QED) is 0.534. The molecule has 6 nitrogen and oxygen atoms in total. The maximum atomic E-state index is 11.0. The topological polar surface area (TPSA) is 85.2 Å².